The lowest BCUT2D eigenvalue weighted by atomic mass is 10.1. The van der Waals surface area contributed by atoms with Crippen LogP contribution in [0, 0.1) is 6.92 Å². The van der Waals surface area contributed by atoms with Gasteiger partial charge in [-0.1, -0.05) is 29.8 Å². The van der Waals surface area contributed by atoms with Crippen LogP contribution < -0.4 is 0 Å². The average molecular weight is 241 g/mol. The summed E-state index contributed by atoms with van der Waals surface area (Å²) in [5.41, 5.74) is 2.59. The SMILES string of the molecule is Cc1cccc(Cc2nc3n(n2)C(C)CCC3)c1. The maximum atomic E-state index is 4.68. The molecule has 1 atom stereocenters. The van der Waals surface area contributed by atoms with Gasteiger partial charge in [-0.2, -0.15) is 5.10 Å². The smallest absolute Gasteiger partial charge is 0.155 e. The summed E-state index contributed by atoms with van der Waals surface area (Å²) in [6.07, 6.45) is 4.38. The zero-order chi connectivity index (χ0) is 12.5. The molecule has 0 saturated carbocycles. The minimum atomic E-state index is 0.507. The van der Waals surface area contributed by atoms with Crippen molar-refractivity contribution in [3.63, 3.8) is 0 Å². The lowest BCUT2D eigenvalue weighted by Crippen LogP contribution is -2.16. The molecule has 0 amide bonds. The fourth-order valence-electron chi connectivity index (χ4n) is 2.69. The van der Waals surface area contributed by atoms with Crippen molar-refractivity contribution in [1.82, 2.24) is 14.8 Å². The number of aromatic nitrogens is 3. The van der Waals surface area contributed by atoms with E-state index in [4.69, 9.17) is 0 Å². The molecule has 2 aromatic rings. The molecule has 0 radical (unpaired) electrons. The Bertz CT molecular complexity index is 557. The number of nitrogens with zero attached hydrogens (tertiary/aromatic N) is 3. The molecule has 1 aromatic heterocycles. The van der Waals surface area contributed by atoms with Crippen molar-refractivity contribution in [2.75, 3.05) is 0 Å². The molecule has 94 valence electrons. The summed E-state index contributed by atoms with van der Waals surface area (Å²) < 4.78 is 2.12. The maximum Gasteiger partial charge on any atom is 0.155 e. The van der Waals surface area contributed by atoms with E-state index in [9.17, 15) is 0 Å². The third kappa shape index (κ3) is 2.17. The standard InChI is InChI=1S/C15H19N3/c1-11-5-3-7-13(9-11)10-14-16-15-8-4-6-12(2)18(15)17-14/h3,5,7,9,12H,4,6,8,10H2,1-2H3. The lowest BCUT2D eigenvalue weighted by molar-refractivity contribution is 0.387. The minimum absolute atomic E-state index is 0.507. The van der Waals surface area contributed by atoms with Gasteiger partial charge in [0.2, 0.25) is 0 Å². The van der Waals surface area contributed by atoms with E-state index in [1.54, 1.807) is 0 Å². The summed E-state index contributed by atoms with van der Waals surface area (Å²) in [7, 11) is 0. The van der Waals surface area contributed by atoms with Gasteiger partial charge in [0.25, 0.3) is 0 Å². The van der Waals surface area contributed by atoms with Crippen molar-refractivity contribution >= 4 is 0 Å². The fraction of sp³-hybridized carbons (Fsp3) is 0.467. The highest BCUT2D eigenvalue weighted by molar-refractivity contribution is 5.24. The van der Waals surface area contributed by atoms with Crippen LogP contribution in [-0.4, -0.2) is 14.8 Å². The van der Waals surface area contributed by atoms with Crippen molar-refractivity contribution < 1.29 is 0 Å². The first-order chi connectivity index (χ1) is 8.72. The molecule has 0 bridgehead atoms. The molecule has 1 aromatic carbocycles. The van der Waals surface area contributed by atoms with Crippen LogP contribution in [0.25, 0.3) is 0 Å². The van der Waals surface area contributed by atoms with Crippen molar-refractivity contribution in [2.24, 2.45) is 0 Å². The van der Waals surface area contributed by atoms with E-state index in [1.807, 2.05) is 0 Å². The van der Waals surface area contributed by atoms with E-state index in [2.05, 4.69) is 52.9 Å². The number of aryl methyl sites for hydroxylation is 2. The van der Waals surface area contributed by atoms with E-state index >= 15 is 0 Å². The van der Waals surface area contributed by atoms with E-state index < -0.39 is 0 Å². The van der Waals surface area contributed by atoms with Gasteiger partial charge in [0.15, 0.2) is 5.82 Å². The normalized spacial score (nSPS) is 18.7. The minimum Gasteiger partial charge on any atom is -0.247 e. The summed E-state index contributed by atoms with van der Waals surface area (Å²) in [4.78, 5) is 4.68. The Morgan fingerprint density at radius 3 is 3.06 bits per heavy atom. The van der Waals surface area contributed by atoms with Gasteiger partial charge >= 0.3 is 0 Å². The van der Waals surface area contributed by atoms with E-state index in [0.717, 1.165) is 24.5 Å². The monoisotopic (exact) mass is 241 g/mol. The Hall–Kier alpha value is -1.64. The largest absolute Gasteiger partial charge is 0.247 e. The van der Waals surface area contributed by atoms with Crippen LogP contribution >= 0.6 is 0 Å². The Kier molecular flexibility index (Phi) is 2.90. The maximum absolute atomic E-state index is 4.68. The van der Waals surface area contributed by atoms with Crippen molar-refractivity contribution in [2.45, 2.75) is 45.6 Å². The molecule has 1 aliphatic heterocycles. The Morgan fingerprint density at radius 2 is 2.28 bits per heavy atom. The highest BCUT2D eigenvalue weighted by Crippen LogP contribution is 2.22. The first-order valence-corrected chi connectivity index (χ1v) is 6.72. The summed E-state index contributed by atoms with van der Waals surface area (Å²) in [6, 6.07) is 9.09. The van der Waals surface area contributed by atoms with Crippen LogP contribution in [0.3, 0.4) is 0 Å². The molecule has 3 heteroatoms. The first kappa shape index (κ1) is 11.5. The third-order valence-corrected chi connectivity index (χ3v) is 3.63. The predicted octanol–water partition coefficient (Wildman–Crippen LogP) is 3.07. The predicted molar refractivity (Wildman–Crippen MR) is 71.7 cm³/mol. The van der Waals surface area contributed by atoms with Crippen molar-refractivity contribution in [3.05, 3.63) is 47.0 Å². The van der Waals surface area contributed by atoms with Crippen LogP contribution in [0.2, 0.25) is 0 Å². The van der Waals surface area contributed by atoms with E-state index in [-0.39, 0.29) is 0 Å². The topological polar surface area (TPSA) is 30.7 Å². The van der Waals surface area contributed by atoms with E-state index in [0.29, 0.717) is 6.04 Å². The second-order valence-electron chi connectivity index (χ2n) is 5.30. The van der Waals surface area contributed by atoms with Crippen molar-refractivity contribution in [3.8, 4) is 0 Å². The zero-order valence-electron chi connectivity index (χ0n) is 11.1. The Labute approximate surface area is 108 Å². The molecule has 0 N–H and O–H groups in total. The molecule has 0 spiro atoms. The molecule has 1 aliphatic rings. The molecule has 3 rings (SSSR count). The summed E-state index contributed by atoms with van der Waals surface area (Å²) in [5.74, 6) is 2.13. The van der Waals surface area contributed by atoms with Crippen LogP contribution in [-0.2, 0) is 12.8 Å². The van der Waals surface area contributed by atoms with Gasteiger partial charge in [-0.15, -0.1) is 0 Å². The number of hydrogen-bond acceptors (Lipinski definition) is 2. The second kappa shape index (κ2) is 4.56. The molecule has 0 aliphatic carbocycles. The van der Waals surface area contributed by atoms with Gasteiger partial charge < -0.3 is 0 Å². The molecule has 1 unspecified atom stereocenters. The first-order valence-electron chi connectivity index (χ1n) is 6.72. The average Bonchev–Trinajstić information content (AvgIpc) is 2.73. The zero-order valence-corrected chi connectivity index (χ0v) is 11.1. The molecular weight excluding hydrogens is 222 g/mol. The molecule has 0 saturated heterocycles. The second-order valence-corrected chi connectivity index (χ2v) is 5.30. The van der Waals surface area contributed by atoms with Gasteiger partial charge in [0.1, 0.15) is 5.82 Å². The van der Waals surface area contributed by atoms with E-state index in [1.165, 1.54) is 24.0 Å². The van der Waals surface area contributed by atoms with Crippen LogP contribution in [0.1, 0.15) is 48.6 Å². The number of hydrogen-bond donors (Lipinski definition) is 0. The molecule has 3 nitrogen and oxygen atoms in total. The van der Waals surface area contributed by atoms with Gasteiger partial charge in [-0.05, 0) is 32.3 Å². The lowest BCUT2D eigenvalue weighted by Gasteiger charge is -2.18. The summed E-state index contributed by atoms with van der Waals surface area (Å²) >= 11 is 0. The van der Waals surface area contributed by atoms with Crippen LogP contribution in [0.15, 0.2) is 24.3 Å². The molecule has 2 heterocycles. The quantitative estimate of drug-likeness (QED) is 0.809. The Morgan fingerprint density at radius 1 is 1.39 bits per heavy atom. The van der Waals surface area contributed by atoms with Crippen LogP contribution in [0.4, 0.5) is 0 Å². The van der Waals surface area contributed by atoms with Gasteiger partial charge in [0, 0.05) is 12.8 Å². The van der Waals surface area contributed by atoms with Gasteiger partial charge in [-0.3, -0.25) is 0 Å². The Balaban J connectivity index is 1.85. The van der Waals surface area contributed by atoms with Crippen molar-refractivity contribution in [1.29, 1.82) is 0 Å². The number of fused-ring (bicyclic) bond motifs is 1. The highest BCUT2D eigenvalue weighted by Gasteiger charge is 2.19. The summed E-state index contributed by atoms with van der Waals surface area (Å²) in [6.45, 7) is 4.35. The number of benzene rings is 1. The van der Waals surface area contributed by atoms with Gasteiger partial charge in [0.05, 0.1) is 6.04 Å². The molecule has 18 heavy (non-hydrogen) atoms. The summed E-state index contributed by atoms with van der Waals surface area (Å²) in [5, 5.41) is 4.66. The van der Waals surface area contributed by atoms with Gasteiger partial charge in [-0.25, -0.2) is 9.67 Å². The number of rotatable bonds is 2. The third-order valence-electron chi connectivity index (χ3n) is 3.63. The highest BCUT2D eigenvalue weighted by atomic mass is 15.4. The van der Waals surface area contributed by atoms with Crippen LogP contribution in [0.5, 0.6) is 0 Å². The molecule has 0 fully saturated rings. The fourth-order valence-corrected chi connectivity index (χ4v) is 2.69. The molecular formula is C15H19N3.